The lowest BCUT2D eigenvalue weighted by molar-refractivity contribution is 0.825. The van der Waals surface area contributed by atoms with E-state index in [4.69, 9.17) is 5.41 Å². The second-order valence-corrected chi connectivity index (χ2v) is 3.31. The van der Waals surface area contributed by atoms with Gasteiger partial charge in [0.2, 0.25) is 0 Å². The predicted octanol–water partition coefficient (Wildman–Crippen LogP) is 3.41. The second-order valence-electron chi connectivity index (χ2n) is 3.31. The van der Waals surface area contributed by atoms with Gasteiger partial charge in [-0.05, 0) is 32.6 Å². The summed E-state index contributed by atoms with van der Waals surface area (Å²) >= 11 is 0. The van der Waals surface area contributed by atoms with Gasteiger partial charge in [0.1, 0.15) is 0 Å². The standard InChI is InChI=1S/C10H19N/c1-5-9(4)6-7-10(11)8(2)3/h5,8,11H,6-7H2,1-4H3. The minimum atomic E-state index is 0.416. The molecule has 0 heterocycles. The summed E-state index contributed by atoms with van der Waals surface area (Å²) in [6.07, 6.45) is 4.09. The van der Waals surface area contributed by atoms with Gasteiger partial charge in [0.05, 0.1) is 0 Å². The van der Waals surface area contributed by atoms with E-state index in [0.29, 0.717) is 5.92 Å². The van der Waals surface area contributed by atoms with Crippen molar-refractivity contribution in [2.24, 2.45) is 5.92 Å². The molecule has 1 N–H and O–H groups in total. The molecule has 0 spiro atoms. The van der Waals surface area contributed by atoms with Gasteiger partial charge in [0, 0.05) is 5.71 Å². The van der Waals surface area contributed by atoms with E-state index in [2.05, 4.69) is 26.8 Å². The molecule has 0 unspecified atom stereocenters. The van der Waals surface area contributed by atoms with Crippen LogP contribution in [0.2, 0.25) is 0 Å². The minimum absolute atomic E-state index is 0.416. The maximum atomic E-state index is 7.58. The molecule has 0 bridgehead atoms. The van der Waals surface area contributed by atoms with Crippen molar-refractivity contribution < 1.29 is 0 Å². The average Bonchev–Trinajstić information content (AvgIpc) is 1.99. The van der Waals surface area contributed by atoms with Crippen LogP contribution in [-0.2, 0) is 0 Å². The van der Waals surface area contributed by atoms with Crippen LogP contribution in [0.4, 0.5) is 0 Å². The third kappa shape index (κ3) is 4.77. The summed E-state index contributed by atoms with van der Waals surface area (Å²) in [5, 5.41) is 7.58. The number of rotatable bonds is 4. The second kappa shape index (κ2) is 5.11. The third-order valence-corrected chi connectivity index (χ3v) is 1.98. The summed E-state index contributed by atoms with van der Waals surface area (Å²) in [5.74, 6) is 0.416. The fourth-order valence-electron chi connectivity index (χ4n) is 0.765. The molecule has 0 saturated carbocycles. The molecule has 0 rings (SSSR count). The smallest absolute Gasteiger partial charge is 0.0118 e. The highest BCUT2D eigenvalue weighted by Crippen LogP contribution is 2.08. The number of allylic oxidation sites excluding steroid dienone is 2. The molecule has 0 amide bonds. The molecule has 0 aliphatic carbocycles. The topological polar surface area (TPSA) is 23.9 Å². The first kappa shape index (κ1) is 10.4. The van der Waals surface area contributed by atoms with Gasteiger partial charge in [-0.15, -0.1) is 0 Å². The molecule has 0 fully saturated rings. The molecule has 1 nitrogen and oxygen atoms in total. The molecule has 64 valence electrons. The Morgan fingerprint density at radius 2 is 1.91 bits per heavy atom. The number of nitrogens with one attached hydrogen (secondary N) is 1. The van der Waals surface area contributed by atoms with Gasteiger partial charge in [-0.25, -0.2) is 0 Å². The van der Waals surface area contributed by atoms with E-state index in [1.54, 1.807) is 0 Å². The molecule has 0 aliphatic heterocycles. The van der Waals surface area contributed by atoms with Crippen molar-refractivity contribution in [2.75, 3.05) is 0 Å². The maximum absolute atomic E-state index is 7.58. The zero-order valence-electron chi connectivity index (χ0n) is 8.07. The van der Waals surface area contributed by atoms with Gasteiger partial charge in [0.15, 0.2) is 0 Å². The quantitative estimate of drug-likeness (QED) is 0.473. The summed E-state index contributed by atoms with van der Waals surface area (Å²) in [4.78, 5) is 0. The van der Waals surface area contributed by atoms with Gasteiger partial charge in [0.25, 0.3) is 0 Å². The van der Waals surface area contributed by atoms with Gasteiger partial charge >= 0.3 is 0 Å². The molecule has 0 aliphatic rings. The van der Waals surface area contributed by atoms with E-state index in [9.17, 15) is 0 Å². The third-order valence-electron chi connectivity index (χ3n) is 1.98. The number of hydrogen-bond donors (Lipinski definition) is 1. The molecule has 0 aromatic rings. The van der Waals surface area contributed by atoms with E-state index in [1.165, 1.54) is 5.57 Å². The normalized spacial score (nSPS) is 12.3. The van der Waals surface area contributed by atoms with Crippen LogP contribution in [0.15, 0.2) is 11.6 Å². The fourth-order valence-corrected chi connectivity index (χ4v) is 0.765. The summed E-state index contributed by atoms with van der Waals surface area (Å²) < 4.78 is 0. The van der Waals surface area contributed by atoms with Crippen LogP contribution in [0.1, 0.15) is 40.5 Å². The van der Waals surface area contributed by atoms with Crippen molar-refractivity contribution in [2.45, 2.75) is 40.5 Å². The Morgan fingerprint density at radius 1 is 1.36 bits per heavy atom. The van der Waals surface area contributed by atoms with E-state index in [1.807, 2.05) is 6.92 Å². The molecule has 0 radical (unpaired) electrons. The number of hydrogen-bond acceptors (Lipinski definition) is 1. The Morgan fingerprint density at radius 3 is 2.27 bits per heavy atom. The van der Waals surface area contributed by atoms with Gasteiger partial charge < -0.3 is 5.41 Å². The highest BCUT2D eigenvalue weighted by molar-refractivity contribution is 5.83. The molecule has 11 heavy (non-hydrogen) atoms. The minimum Gasteiger partial charge on any atom is -0.309 e. The molecule has 0 saturated heterocycles. The van der Waals surface area contributed by atoms with Crippen molar-refractivity contribution in [1.29, 1.82) is 5.41 Å². The van der Waals surface area contributed by atoms with Crippen LogP contribution < -0.4 is 0 Å². The fraction of sp³-hybridized carbons (Fsp3) is 0.700. The van der Waals surface area contributed by atoms with Crippen LogP contribution in [0.25, 0.3) is 0 Å². The first-order valence-electron chi connectivity index (χ1n) is 4.27. The molecule has 1 heteroatoms. The first-order chi connectivity index (χ1) is 5.07. The van der Waals surface area contributed by atoms with Crippen LogP contribution in [0, 0.1) is 11.3 Å². The Bertz CT molecular complexity index is 154. The summed E-state index contributed by atoms with van der Waals surface area (Å²) in [6, 6.07) is 0. The SMILES string of the molecule is CC=C(C)CCC(=N)C(C)C. The maximum Gasteiger partial charge on any atom is 0.0118 e. The Kier molecular flexibility index (Phi) is 4.84. The Hall–Kier alpha value is -0.590. The Balaban J connectivity index is 3.63. The zero-order chi connectivity index (χ0) is 8.85. The van der Waals surface area contributed by atoms with Crippen LogP contribution in [0.5, 0.6) is 0 Å². The lowest BCUT2D eigenvalue weighted by Crippen LogP contribution is -2.05. The van der Waals surface area contributed by atoms with E-state index in [-0.39, 0.29) is 0 Å². The van der Waals surface area contributed by atoms with Gasteiger partial charge in [-0.3, -0.25) is 0 Å². The van der Waals surface area contributed by atoms with Crippen molar-refractivity contribution in [1.82, 2.24) is 0 Å². The van der Waals surface area contributed by atoms with Gasteiger partial charge in [-0.1, -0.05) is 25.5 Å². The lowest BCUT2D eigenvalue weighted by Gasteiger charge is -2.06. The van der Waals surface area contributed by atoms with Crippen LogP contribution in [-0.4, -0.2) is 5.71 Å². The van der Waals surface area contributed by atoms with E-state index < -0.39 is 0 Å². The molecular formula is C10H19N. The average molecular weight is 153 g/mol. The van der Waals surface area contributed by atoms with Crippen LogP contribution >= 0.6 is 0 Å². The lowest BCUT2D eigenvalue weighted by atomic mass is 10.0. The van der Waals surface area contributed by atoms with Crippen molar-refractivity contribution in [3.63, 3.8) is 0 Å². The highest BCUT2D eigenvalue weighted by atomic mass is 14.4. The monoisotopic (exact) mass is 153 g/mol. The van der Waals surface area contributed by atoms with Crippen molar-refractivity contribution >= 4 is 5.71 Å². The summed E-state index contributed by atoms with van der Waals surface area (Å²) in [6.45, 7) is 8.32. The molecule has 0 atom stereocenters. The Labute approximate surface area is 70.0 Å². The van der Waals surface area contributed by atoms with E-state index in [0.717, 1.165) is 18.6 Å². The van der Waals surface area contributed by atoms with Crippen molar-refractivity contribution in [3.05, 3.63) is 11.6 Å². The molecule has 0 aromatic carbocycles. The van der Waals surface area contributed by atoms with E-state index >= 15 is 0 Å². The molecule has 0 aromatic heterocycles. The largest absolute Gasteiger partial charge is 0.309 e. The first-order valence-corrected chi connectivity index (χ1v) is 4.27. The van der Waals surface area contributed by atoms with Crippen molar-refractivity contribution in [3.8, 4) is 0 Å². The summed E-state index contributed by atoms with van der Waals surface area (Å²) in [5.41, 5.74) is 2.25. The summed E-state index contributed by atoms with van der Waals surface area (Å²) in [7, 11) is 0. The van der Waals surface area contributed by atoms with Gasteiger partial charge in [-0.2, -0.15) is 0 Å². The zero-order valence-corrected chi connectivity index (χ0v) is 8.07. The van der Waals surface area contributed by atoms with Crippen LogP contribution in [0.3, 0.4) is 0 Å². The highest BCUT2D eigenvalue weighted by Gasteiger charge is 2.01. The molecular weight excluding hydrogens is 134 g/mol. The predicted molar refractivity (Wildman–Crippen MR) is 51.2 cm³/mol.